The monoisotopic (exact) mass is 309 g/mol. The standard InChI is InChI=1S/C13H12ClN3O4/c14-9-3-7(1-2-11(9)18)12(19)17-10(13(20)21)4-8-5-15-6-16-8/h1-3,5-6,10,18H,4H2,(H,15,16)(H,17,19)(H,20,21)/t10-/m1/s1. The Morgan fingerprint density at radius 1 is 1.43 bits per heavy atom. The molecule has 1 amide bonds. The fraction of sp³-hybridized carbons (Fsp3) is 0.154. The van der Waals surface area contributed by atoms with Gasteiger partial charge in [-0.15, -0.1) is 0 Å². The minimum atomic E-state index is -1.16. The van der Waals surface area contributed by atoms with E-state index in [9.17, 15) is 14.7 Å². The molecule has 0 aliphatic rings. The summed E-state index contributed by atoms with van der Waals surface area (Å²) in [5.41, 5.74) is 0.750. The van der Waals surface area contributed by atoms with Gasteiger partial charge in [0.05, 0.1) is 11.3 Å². The first kappa shape index (κ1) is 14.9. The number of aromatic hydroxyl groups is 1. The Bertz CT molecular complexity index is 657. The maximum Gasteiger partial charge on any atom is 0.326 e. The number of hydrogen-bond donors (Lipinski definition) is 4. The van der Waals surface area contributed by atoms with Crippen LogP contribution in [0.5, 0.6) is 5.75 Å². The van der Waals surface area contributed by atoms with Gasteiger partial charge in [-0.3, -0.25) is 4.79 Å². The third-order valence-corrected chi connectivity index (χ3v) is 3.09. The van der Waals surface area contributed by atoms with Crippen LogP contribution >= 0.6 is 11.6 Å². The highest BCUT2D eigenvalue weighted by atomic mass is 35.5. The highest BCUT2D eigenvalue weighted by Gasteiger charge is 2.22. The van der Waals surface area contributed by atoms with Crippen LogP contribution in [0.2, 0.25) is 5.02 Å². The second-order valence-electron chi connectivity index (χ2n) is 4.31. The number of carbonyl (C=O) groups excluding carboxylic acids is 1. The summed E-state index contributed by atoms with van der Waals surface area (Å²) in [4.78, 5) is 29.8. The molecule has 0 saturated heterocycles. The molecular formula is C13H12ClN3O4. The summed E-state index contributed by atoms with van der Waals surface area (Å²) in [7, 11) is 0. The number of aromatic nitrogens is 2. The number of phenols is 1. The molecule has 0 bridgehead atoms. The van der Waals surface area contributed by atoms with Crippen molar-refractivity contribution in [2.45, 2.75) is 12.5 Å². The number of nitrogens with one attached hydrogen (secondary N) is 2. The number of amides is 1. The second-order valence-corrected chi connectivity index (χ2v) is 4.72. The van der Waals surface area contributed by atoms with E-state index in [1.807, 2.05) is 0 Å². The van der Waals surface area contributed by atoms with E-state index < -0.39 is 17.9 Å². The molecule has 0 spiro atoms. The molecule has 2 rings (SSSR count). The van der Waals surface area contributed by atoms with Crippen LogP contribution in [0.4, 0.5) is 0 Å². The summed E-state index contributed by atoms with van der Waals surface area (Å²) in [5, 5.41) is 20.9. The van der Waals surface area contributed by atoms with Crippen molar-refractivity contribution in [1.29, 1.82) is 0 Å². The second kappa shape index (κ2) is 6.27. The lowest BCUT2D eigenvalue weighted by atomic mass is 10.1. The zero-order chi connectivity index (χ0) is 15.4. The molecule has 7 nitrogen and oxygen atoms in total. The Labute approximate surface area is 124 Å². The number of carbonyl (C=O) groups is 2. The smallest absolute Gasteiger partial charge is 0.326 e. The van der Waals surface area contributed by atoms with Crippen molar-refractivity contribution in [2.24, 2.45) is 0 Å². The number of halogens is 1. The first-order valence-electron chi connectivity index (χ1n) is 5.97. The maximum absolute atomic E-state index is 12.0. The van der Waals surface area contributed by atoms with Crippen LogP contribution in [-0.2, 0) is 11.2 Å². The number of imidazole rings is 1. The first-order valence-corrected chi connectivity index (χ1v) is 6.34. The van der Waals surface area contributed by atoms with Crippen LogP contribution in [0.25, 0.3) is 0 Å². The SMILES string of the molecule is O=C(N[C@H](Cc1cnc[nH]1)C(=O)O)c1ccc(O)c(Cl)c1. The number of aromatic amines is 1. The predicted molar refractivity (Wildman–Crippen MR) is 74.3 cm³/mol. The molecule has 2 aromatic rings. The molecule has 0 saturated carbocycles. The van der Waals surface area contributed by atoms with Crippen LogP contribution in [0.3, 0.4) is 0 Å². The Balaban J connectivity index is 2.10. The van der Waals surface area contributed by atoms with E-state index in [4.69, 9.17) is 16.7 Å². The Kier molecular flexibility index (Phi) is 4.44. The van der Waals surface area contributed by atoms with Gasteiger partial charge in [-0.25, -0.2) is 9.78 Å². The molecule has 1 aromatic heterocycles. The highest BCUT2D eigenvalue weighted by molar-refractivity contribution is 6.32. The summed E-state index contributed by atoms with van der Waals surface area (Å²) in [5.74, 6) is -1.91. The summed E-state index contributed by atoms with van der Waals surface area (Å²) in [6.45, 7) is 0. The molecule has 1 aromatic carbocycles. The number of nitrogens with zero attached hydrogens (tertiary/aromatic N) is 1. The topological polar surface area (TPSA) is 115 Å². The molecule has 0 fully saturated rings. The molecule has 0 radical (unpaired) electrons. The molecule has 4 N–H and O–H groups in total. The summed E-state index contributed by atoms with van der Waals surface area (Å²) >= 11 is 5.71. The fourth-order valence-electron chi connectivity index (χ4n) is 1.71. The normalized spacial score (nSPS) is 11.9. The van der Waals surface area contributed by atoms with Gasteiger partial charge in [-0.05, 0) is 18.2 Å². The number of benzene rings is 1. The molecule has 0 unspecified atom stereocenters. The first-order chi connectivity index (χ1) is 9.97. The number of H-pyrrole nitrogens is 1. The van der Waals surface area contributed by atoms with Gasteiger partial charge in [-0.1, -0.05) is 11.6 Å². The highest BCUT2D eigenvalue weighted by Crippen LogP contribution is 2.23. The third-order valence-electron chi connectivity index (χ3n) is 2.79. The zero-order valence-electron chi connectivity index (χ0n) is 10.7. The van der Waals surface area contributed by atoms with Gasteiger partial charge in [0.25, 0.3) is 5.91 Å². The summed E-state index contributed by atoms with van der Waals surface area (Å²) in [6, 6.07) is 2.78. The number of carboxylic acid groups (broad SMARTS) is 1. The van der Waals surface area contributed by atoms with Crippen LogP contribution in [0.15, 0.2) is 30.7 Å². The lowest BCUT2D eigenvalue weighted by Gasteiger charge is -2.14. The van der Waals surface area contributed by atoms with Crippen LogP contribution < -0.4 is 5.32 Å². The Morgan fingerprint density at radius 3 is 2.76 bits per heavy atom. The van der Waals surface area contributed by atoms with E-state index >= 15 is 0 Å². The van der Waals surface area contributed by atoms with E-state index in [0.717, 1.165) is 0 Å². The number of hydrogen-bond acceptors (Lipinski definition) is 4. The van der Waals surface area contributed by atoms with Gasteiger partial charge in [0.15, 0.2) is 0 Å². The largest absolute Gasteiger partial charge is 0.506 e. The molecule has 110 valence electrons. The van der Waals surface area contributed by atoms with Gasteiger partial charge in [0, 0.05) is 23.9 Å². The fourth-order valence-corrected chi connectivity index (χ4v) is 1.89. The number of rotatable bonds is 5. The van der Waals surface area contributed by atoms with Crippen molar-refractivity contribution in [1.82, 2.24) is 15.3 Å². The van der Waals surface area contributed by atoms with Crippen LogP contribution in [0.1, 0.15) is 16.1 Å². The van der Waals surface area contributed by atoms with Gasteiger partial charge >= 0.3 is 5.97 Å². The van der Waals surface area contributed by atoms with Gasteiger partial charge < -0.3 is 20.5 Å². The van der Waals surface area contributed by atoms with Crippen molar-refractivity contribution in [2.75, 3.05) is 0 Å². The maximum atomic E-state index is 12.0. The predicted octanol–water partition coefficient (Wildman–Crippen LogP) is 1.19. The average molecular weight is 310 g/mol. The van der Waals surface area contributed by atoms with Crippen molar-refractivity contribution in [3.63, 3.8) is 0 Å². The lowest BCUT2D eigenvalue weighted by Crippen LogP contribution is -2.42. The lowest BCUT2D eigenvalue weighted by molar-refractivity contribution is -0.139. The number of phenolic OH excluding ortho intramolecular Hbond substituents is 1. The molecular weight excluding hydrogens is 298 g/mol. The van der Waals surface area contributed by atoms with Gasteiger partial charge in [0.2, 0.25) is 0 Å². The van der Waals surface area contributed by atoms with Crippen LogP contribution in [0, 0.1) is 0 Å². The Morgan fingerprint density at radius 2 is 2.19 bits per heavy atom. The molecule has 1 atom stereocenters. The van der Waals surface area contributed by atoms with E-state index in [1.54, 1.807) is 0 Å². The van der Waals surface area contributed by atoms with E-state index in [2.05, 4.69) is 15.3 Å². The minimum absolute atomic E-state index is 0.0168. The van der Waals surface area contributed by atoms with E-state index in [1.165, 1.54) is 30.7 Å². The van der Waals surface area contributed by atoms with Crippen LogP contribution in [-0.4, -0.2) is 38.1 Å². The molecule has 8 heteroatoms. The third kappa shape index (κ3) is 3.73. The van der Waals surface area contributed by atoms with Gasteiger partial charge in [-0.2, -0.15) is 0 Å². The van der Waals surface area contributed by atoms with Crippen molar-refractivity contribution >= 4 is 23.5 Å². The summed E-state index contributed by atoms with van der Waals surface area (Å²) in [6.07, 6.45) is 2.99. The van der Waals surface area contributed by atoms with Crippen molar-refractivity contribution < 1.29 is 19.8 Å². The number of aliphatic carboxylic acids is 1. The van der Waals surface area contributed by atoms with Crippen molar-refractivity contribution in [3.05, 3.63) is 47.0 Å². The Hall–Kier alpha value is -2.54. The number of carboxylic acids is 1. The molecule has 21 heavy (non-hydrogen) atoms. The average Bonchev–Trinajstić information content (AvgIpc) is 2.93. The summed E-state index contributed by atoms with van der Waals surface area (Å²) < 4.78 is 0. The van der Waals surface area contributed by atoms with Crippen molar-refractivity contribution in [3.8, 4) is 5.75 Å². The minimum Gasteiger partial charge on any atom is -0.506 e. The van der Waals surface area contributed by atoms with E-state index in [-0.39, 0.29) is 22.8 Å². The molecule has 0 aliphatic carbocycles. The van der Waals surface area contributed by atoms with E-state index in [0.29, 0.717) is 5.69 Å². The molecule has 0 aliphatic heterocycles. The quantitative estimate of drug-likeness (QED) is 0.662. The zero-order valence-corrected chi connectivity index (χ0v) is 11.5. The van der Waals surface area contributed by atoms with Gasteiger partial charge in [0.1, 0.15) is 11.8 Å². The molecule has 1 heterocycles.